The summed E-state index contributed by atoms with van der Waals surface area (Å²) in [5.74, 6) is 0.489. The summed E-state index contributed by atoms with van der Waals surface area (Å²) < 4.78 is 3.53. The van der Waals surface area contributed by atoms with Crippen LogP contribution in [0.25, 0.3) is 16.7 Å². The maximum atomic E-state index is 13.3. The number of unbranched alkanes of at least 4 members (excludes halogenated alkanes) is 1. The van der Waals surface area contributed by atoms with Gasteiger partial charge in [0, 0.05) is 18.8 Å². The summed E-state index contributed by atoms with van der Waals surface area (Å²) in [5.41, 5.74) is 3.64. The molecule has 0 saturated carbocycles. The molecule has 0 spiro atoms. The smallest absolute Gasteiger partial charge is 0.262 e. The van der Waals surface area contributed by atoms with Crippen molar-refractivity contribution >= 4 is 40.0 Å². The SMILES string of the molecule is CCCCn1c(=O)c2ccccc2n2c(SCC(=O)N(CCC#N)c3ccc(C)c(C)c3)nnc12. The second-order valence-corrected chi connectivity index (χ2v) is 9.40. The lowest BCUT2D eigenvalue weighted by atomic mass is 10.1. The number of aryl methyl sites for hydroxylation is 3. The normalized spacial score (nSPS) is 11.1. The van der Waals surface area contributed by atoms with Crippen LogP contribution in [-0.4, -0.2) is 37.4 Å². The Balaban J connectivity index is 1.68. The molecule has 180 valence electrons. The molecule has 2 aromatic heterocycles. The number of amides is 1. The van der Waals surface area contributed by atoms with Crippen molar-refractivity contribution in [2.75, 3.05) is 17.2 Å². The van der Waals surface area contributed by atoms with Crippen molar-refractivity contribution in [1.82, 2.24) is 19.2 Å². The van der Waals surface area contributed by atoms with Gasteiger partial charge in [0.15, 0.2) is 5.16 Å². The molecule has 4 rings (SSSR count). The van der Waals surface area contributed by atoms with Crippen LogP contribution in [-0.2, 0) is 11.3 Å². The number of anilines is 1. The number of carbonyl (C=O) groups excluding carboxylic acids is 1. The zero-order valence-electron chi connectivity index (χ0n) is 20.2. The van der Waals surface area contributed by atoms with Gasteiger partial charge in [0.2, 0.25) is 11.7 Å². The Morgan fingerprint density at radius 1 is 1.14 bits per heavy atom. The molecular weight excluding hydrogens is 460 g/mol. The molecule has 9 heteroatoms. The van der Waals surface area contributed by atoms with E-state index in [9.17, 15) is 9.59 Å². The molecule has 0 radical (unpaired) electrons. The second kappa shape index (κ2) is 10.7. The van der Waals surface area contributed by atoms with Gasteiger partial charge in [0.25, 0.3) is 5.56 Å². The highest BCUT2D eigenvalue weighted by molar-refractivity contribution is 7.99. The summed E-state index contributed by atoms with van der Waals surface area (Å²) in [6.45, 7) is 6.98. The number of nitriles is 1. The number of hydrogen-bond acceptors (Lipinski definition) is 6. The predicted octanol–water partition coefficient (Wildman–Crippen LogP) is 4.50. The van der Waals surface area contributed by atoms with E-state index >= 15 is 0 Å². The van der Waals surface area contributed by atoms with Gasteiger partial charge in [-0.2, -0.15) is 5.26 Å². The molecule has 0 fully saturated rings. The van der Waals surface area contributed by atoms with Gasteiger partial charge in [0.05, 0.1) is 29.1 Å². The van der Waals surface area contributed by atoms with Crippen molar-refractivity contribution in [3.63, 3.8) is 0 Å². The monoisotopic (exact) mass is 488 g/mol. The minimum Gasteiger partial charge on any atom is -0.311 e. The maximum absolute atomic E-state index is 13.3. The number of aromatic nitrogens is 4. The quantitative estimate of drug-likeness (QED) is 0.322. The minimum atomic E-state index is -0.117. The first-order valence-electron chi connectivity index (χ1n) is 11.7. The number of para-hydroxylation sites is 1. The number of benzene rings is 2. The lowest BCUT2D eigenvalue weighted by molar-refractivity contribution is -0.116. The van der Waals surface area contributed by atoms with E-state index in [0.717, 1.165) is 35.2 Å². The number of rotatable bonds is 9. The molecule has 8 nitrogen and oxygen atoms in total. The third-order valence-electron chi connectivity index (χ3n) is 6.09. The van der Waals surface area contributed by atoms with Crippen LogP contribution >= 0.6 is 11.8 Å². The first-order valence-corrected chi connectivity index (χ1v) is 12.7. The van der Waals surface area contributed by atoms with Crippen LogP contribution in [0.1, 0.15) is 37.3 Å². The van der Waals surface area contributed by atoms with E-state index in [4.69, 9.17) is 5.26 Å². The van der Waals surface area contributed by atoms with Crippen LogP contribution in [0.3, 0.4) is 0 Å². The predicted molar refractivity (Wildman–Crippen MR) is 139 cm³/mol. The fourth-order valence-corrected chi connectivity index (χ4v) is 4.82. The second-order valence-electron chi connectivity index (χ2n) is 8.46. The van der Waals surface area contributed by atoms with Crippen molar-refractivity contribution in [2.45, 2.75) is 51.7 Å². The lowest BCUT2D eigenvalue weighted by Gasteiger charge is -2.22. The van der Waals surface area contributed by atoms with Crippen molar-refractivity contribution < 1.29 is 4.79 Å². The van der Waals surface area contributed by atoms with E-state index in [0.29, 0.717) is 29.4 Å². The number of hydrogen-bond donors (Lipinski definition) is 0. The Morgan fingerprint density at radius 3 is 2.69 bits per heavy atom. The molecule has 0 bridgehead atoms. The molecule has 1 amide bonds. The van der Waals surface area contributed by atoms with Gasteiger partial charge >= 0.3 is 0 Å². The Bertz CT molecular complexity index is 1480. The number of nitrogens with zero attached hydrogens (tertiary/aromatic N) is 6. The average molecular weight is 489 g/mol. The third-order valence-corrected chi connectivity index (χ3v) is 7.00. The van der Waals surface area contributed by atoms with Crippen molar-refractivity contribution in [2.24, 2.45) is 0 Å². The summed E-state index contributed by atoms with van der Waals surface area (Å²) in [6.07, 6.45) is 2.05. The Hall–Kier alpha value is -3.64. The number of thioether (sulfide) groups is 1. The van der Waals surface area contributed by atoms with Gasteiger partial charge in [0.1, 0.15) is 0 Å². The standard InChI is InChI=1S/C26H28N6O2S/c1-4-5-14-31-24(34)21-9-6-7-10-22(21)32-25(31)28-29-26(32)35-17-23(33)30(15-8-13-27)20-12-11-18(2)19(3)16-20/h6-7,9-12,16H,4-5,8,14-15,17H2,1-3H3. The van der Waals surface area contributed by atoms with Crippen molar-refractivity contribution in [3.8, 4) is 6.07 Å². The largest absolute Gasteiger partial charge is 0.311 e. The average Bonchev–Trinajstić information content (AvgIpc) is 3.29. The summed E-state index contributed by atoms with van der Waals surface area (Å²) in [4.78, 5) is 28.0. The van der Waals surface area contributed by atoms with Crippen LogP contribution in [0.15, 0.2) is 52.4 Å². The first kappa shape index (κ1) is 24.5. The lowest BCUT2D eigenvalue weighted by Crippen LogP contribution is -2.33. The van der Waals surface area contributed by atoms with Gasteiger partial charge in [-0.1, -0.05) is 43.3 Å². The molecule has 0 aliphatic heterocycles. The maximum Gasteiger partial charge on any atom is 0.262 e. The summed E-state index contributed by atoms with van der Waals surface area (Å²) in [6, 6.07) is 15.4. The molecule has 0 aliphatic carbocycles. The van der Waals surface area contributed by atoms with Crippen LogP contribution in [0.4, 0.5) is 5.69 Å². The van der Waals surface area contributed by atoms with E-state index in [2.05, 4.69) is 23.2 Å². The highest BCUT2D eigenvalue weighted by Crippen LogP contribution is 2.24. The molecule has 0 unspecified atom stereocenters. The van der Waals surface area contributed by atoms with Crippen LogP contribution in [0.2, 0.25) is 0 Å². The Kier molecular flexibility index (Phi) is 7.51. The van der Waals surface area contributed by atoms with Crippen LogP contribution < -0.4 is 10.5 Å². The zero-order valence-corrected chi connectivity index (χ0v) is 21.0. The van der Waals surface area contributed by atoms with Crippen molar-refractivity contribution in [3.05, 3.63) is 63.9 Å². The van der Waals surface area contributed by atoms with Gasteiger partial charge in [-0.25, -0.2) is 0 Å². The minimum absolute atomic E-state index is 0.0843. The molecule has 0 saturated heterocycles. The number of carbonyl (C=O) groups is 1. The van der Waals surface area contributed by atoms with Gasteiger partial charge in [-0.3, -0.25) is 18.6 Å². The highest BCUT2D eigenvalue weighted by Gasteiger charge is 2.20. The third kappa shape index (κ3) is 4.93. The van der Waals surface area contributed by atoms with E-state index < -0.39 is 0 Å². The Labute approximate surface area is 208 Å². The topological polar surface area (TPSA) is 96.3 Å². The van der Waals surface area contributed by atoms with E-state index in [1.807, 2.05) is 60.7 Å². The molecule has 35 heavy (non-hydrogen) atoms. The highest BCUT2D eigenvalue weighted by atomic mass is 32.2. The zero-order chi connectivity index (χ0) is 24.9. The fourth-order valence-electron chi connectivity index (χ4n) is 4.00. The van der Waals surface area contributed by atoms with Crippen molar-refractivity contribution in [1.29, 1.82) is 5.26 Å². The van der Waals surface area contributed by atoms with Gasteiger partial charge < -0.3 is 4.90 Å². The molecule has 4 aromatic rings. The van der Waals surface area contributed by atoms with E-state index in [1.165, 1.54) is 11.8 Å². The van der Waals surface area contributed by atoms with Crippen LogP contribution in [0, 0.1) is 25.2 Å². The summed E-state index contributed by atoms with van der Waals surface area (Å²) >= 11 is 1.28. The molecule has 0 aliphatic rings. The van der Waals surface area contributed by atoms with Gasteiger partial charge in [-0.05, 0) is 55.7 Å². The molecule has 0 atom stereocenters. The van der Waals surface area contributed by atoms with E-state index in [1.54, 1.807) is 9.47 Å². The van der Waals surface area contributed by atoms with E-state index in [-0.39, 0.29) is 23.6 Å². The fraction of sp³-hybridized carbons (Fsp3) is 0.346. The molecule has 2 aromatic carbocycles. The number of fused-ring (bicyclic) bond motifs is 3. The molecule has 0 N–H and O–H groups in total. The first-order chi connectivity index (χ1) is 17.0. The van der Waals surface area contributed by atoms with Gasteiger partial charge in [-0.15, -0.1) is 10.2 Å². The molecule has 2 heterocycles. The summed E-state index contributed by atoms with van der Waals surface area (Å²) in [5, 5.41) is 18.9. The molecular formula is C26H28N6O2S. The summed E-state index contributed by atoms with van der Waals surface area (Å²) in [7, 11) is 0. The van der Waals surface area contributed by atoms with Crippen LogP contribution in [0.5, 0.6) is 0 Å². The Morgan fingerprint density at radius 2 is 1.94 bits per heavy atom.